The average Bonchev–Trinajstić information content (AvgIpc) is 2.55. The van der Waals surface area contributed by atoms with Crippen molar-refractivity contribution in [1.29, 1.82) is 0 Å². The molecule has 0 bridgehead atoms. The average molecular weight is 400 g/mol. The summed E-state index contributed by atoms with van der Waals surface area (Å²) in [6, 6.07) is 10.6. The molecule has 0 saturated carbocycles. The molecule has 6 heteroatoms. The van der Waals surface area contributed by atoms with Crippen LogP contribution in [0.25, 0.3) is 0 Å². The van der Waals surface area contributed by atoms with Gasteiger partial charge in [-0.25, -0.2) is 0 Å². The van der Waals surface area contributed by atoms with Gasteiger partial charge in [0.15, 0.2) is 11.5 Å². The van der Waals surface area contributed by atoms with E-state index in [1.54, 1.807) is 32.4 Å². The SMILES string of the molecule is COc1cccc(CCC(=O)Oc2ccc(Cl)cc2Br)c1OC. The summed E-state index contributed by atoms with van der Waals surface area (Å²) in [6.07, 6.45) is 0.711. The van der Waals surface area contributed by atoms with Crippen LogP contribution in [0.5, 0.6) is 17.2 Å². The summed E-state index contributed by atoms with van der Waals surface area (Å²) < 4.78 is 16.6. The summed E-state index contributed by atoms with van der Waals surface area (Å²) in [5, 5.41) is 0.567. The highest BCUT2D eigenvalue weighted by molar-refractivity contribution is 9.10. The molecule has 0 unspecified atom stereocenters. The number of hydrogen-bond acceptors (Lipinski definition) is 4. The third-order valence-corrected chi connectivity index (χ3v) is 4.06. The molecule has 0 aliphatic rings. The first-order chi connectivity index (χ1) is 11.0. The zero-order valence-electron chi connectivity index (χ0n) is 12.8. The minimum absolute atomic E-state index is 0.221. The van der Waals surface area contributed by atoms with Crippen molar-refractivity contribution in [2.75, 3.05) is 14.2 Å². The summed E-state index contributed by atoms with van der Waals surface area (Å²) in [7, 11) is 3.15. The second kappa shape index (κ2) is 8.22. The van der Waals surface area contributed by atoms with E-state index in [1.807, 2.05) is 18.2 Å². The van der Waals surface area contributed by atoms with Gasteiger partial charge in [-0.05, 0) is 52.2 Å². The van der Waals surface area contributed by atoms with Gasteiger partial charge in [-0.3, -0.25) is 4.79 Å². The maximum absolute atomic E-state index is 12.0. The number of rotatable bonds is 6. The van der Waals surface area contributed by atoms with Gasteiger partial charge in [0.2, 0.25) is 0 Å². The largest absolute Gasteiger partial charge is 0.493 e. The van der Waals surface area contributed by atoms with Crippen molar-refractivity contribution in [2.45, 2.75) is 12.8 Å². The van der Waals surface area contributed by atoms with E-state index >= 15 is 0 Å². The molecule has 23 heavy (non-hydrogen) atoms. The summed E-state index contributed by atoms with van der Waals surface area (Å²) in [6.45, 7) is 0. The molecule has 0 fully saturated rings. The third-order valence-electron chi connectivity index (χ3n) is 3.20. The van der Waals surface area contributed by atoms with Crippen molar-refractivity contribution >= 4 is 33.5 Å². The Kier molecular flexibility index (Phi) is 6.30. The Balaban J connectivity index is 2.02. The predicted molar refractivity (Wildman–Crippen MR) is 92.7 cm³/mol. The van der Waals surface area contributed by atoms with Gasteiger partial charge in [0.05, 0.1) is 25.1 Å². The van der Waals surface area contributed by atoms with E-state index in [-0.39, 0.29) is 12.4 Å². The van der Waals surface area contributed by atoms with E-state index in [1.165, 1.54) is 0 Å². The monoisotopic (exact) mass is 398 g/mol. The molecule has 2 aromatic rings. The van der Waals surface area contributed by atoms with E-state index in [4.69, 9.17) is 25.8 Å². The van der Waals surface area contributed by atoms with Crippen molar-refractivity contribution in [2.24, 2.45) is 0 Å². The zero-order chi connectivity index (χ0) is 16.8. The van der Waals surface area contributed by atoms with Crippen molar-refractivity contribution in [3.8, 4) is 17.2 Å². The molecule has 122 valence electrons. The fourth-order valence-corrected chi connectivity index (χ4v) is 2.88. The molecule has 0 radical (unpaired) electrons. The molecule has 0 atom stereocenters. The molecule has 2 aromatic carbocycles. The van der Waals surface area contributed by atoms with Crippen molar-refractivity contribution in [3.63, 3.8) is 0 Å². The van der Waals surface area contributed by atoms with Gasteiger partial charge in [-0.1, -0.05) is 23.7 Å². The minimum Gasteiger partial charge on any atom is -0.493 e. The summed E-state index contributed by atoms with van der Waals surface area (Å²) in [5.74, 6) is 1.38. The van der Waals surface area contributed by atoms with Gasteiger partial charge in [0.1, 0.15) is 5.75 Å². The minimum atomic E-state index is -0.335. The van der Waals surface area contributed by atoms with Gasteiger partial charge in [-0.2, -0.15) is 0 Å². The Morgan fingerprint density at radius 2 is 1.91 bits per heavy atom. The topological polar surface area (TPSA) is 44.8 Å². The van der Waals surface area contributed by atoms with Gasteiger partial charge < -0.3 is 14.2 Å². The Hall–Kier alpha value is -1.72. The first kappa shape index (κ1) is 17.6. The smallest absolute Gasteiger partial charge is 0.311 e. The summed E-state index contributed by atoms with van der Waals surface area (Å²) in [4.78, 5) is 12.0. The van der Waals surface area contributed by atoms with E-state index < -0.39 is 0 Å². The van der Waals surface area contributed by atoms with Crippen LogP contribution in [0.2, 0.25) is 5.02 Å². The van der Waals surface area contributed by atoms with Gasteiger partial charge in [-0.15, -0.1) is 0 Å². The Morgan fingerprint density at radius 1 is 1.13 bits per heavy atom. The fraction of sp³-hybridized carbons (Fsp3) is 0.235. The standard InChI is InChI=1S/C17H16BrClO4/c1-21-15-5-3-4-11(17(15)22-2)6-9-16(20)23-14-8-7-12(19)10-13(14)18/h3-5,7-8,10H,6,9H2,1-2H3. The van der Waals surface area contributed by atoms with Gasteiger partial charge in [0.25, 0.3) is 0 Å². The number of halogens is 2. The molecule has 2 rings (SSSR count). The Bertz CT molecular complexity index is 703. The van der Waals surface area contributed by atoms with Crippen molar-refractivity contribution in [3.05, 3.63) is 51.5 Å². The second-order valence-corrected chi connectivity index (χ2v) is 5.99. The molecule has 0 aromatic heterocycles. The normalized spacial score (nSPS) is 10.3. The van der Waals surface area contributed by atoms with Gasteiger partial charge in [0, 0.05) is 5.02 Å². The van der Waals surface area contributed by atoms with E-state index in [0.717, 1.165) is 5.56 Å². The number of ether oxygens (including phenoxy) is 3. The molecule has 0 N–H and O–H groups in total. The molecular formula is C17H16BrClO4. The number of aryl methyl sites for hydroxylation is 1. The molecular weight excluding hydrogens is 384 g/mol. The maximum Gasteiger partial charge on any atom is 0.311 e. The van der Waals surface area contributed by atoms with Crippen LogP contribution in [-0.4, -0.2) is 20.2 Å². The lowest BCUT2D eigenvalue weighted by Gasteiger charge is -2.12. The highest BCUT2D eigenvalue weighted by Gasteiger charge is 2.13. The molecule has 4 nitrogen and oxygen atoms in total. The van der Waals surface area contributed by atoms with E-state index in [2.05, 4.69) is 15.9 Å². The van der Waals surface area contributed by atoms with Crippen LogP contribution >= 0.6 is 27.5 Å². The number of benzene rings is 2. The van der Waals surface area contributed by atoms with Crippen molar-refractivity contribution in [1.82, 2.24) is 0 Å². The summed E-state index contributed by atoms with van der Waals surface area (Å²) >= 11 is 9.18. The summed E-state index contributed by atoms with van der Waals surface area (Å²) in [5.41, 5.74) is 0.888. The number of para-hydroxylation sites is 1. The quantitative estimate of drug-likeness (QED) is 0.523. The van der Waals surface area contributed by atoms with E-state index in [9.17, 15) is 4.79 Å². The molecule has 0 saturated heterocycles. The van der Waals surface area contributed by atoms with Crippen LogP contribution in [-0.2, 0) is 11.2 Å². The van der Waals surface area contributed by atoms with Crippen LogP contribution in [0.4, 0.5) is 0 Å². The number of esters is 1. The predicted octanol–water partition coefficient (Wildman–Crippen LogP) is 4.66. The lowest BCUT2D eigenvalue weighted by Crippen LogP contribution is -2.10. The second-order valence-electron chi connectivity index (χ2n) is 4.70. The molecule has 0 aliphatic carbocycles. The molecule has 0 aliphatic heterocycles. The maximum atomic E-state index is 12.0. The van der Waals surface area contributed by atoms with Crippen LogP contribution in [0.1, 0.15) is 12.0 Å². The molecule has 0 spiro atoms. The van der Waals surface area contributed by atoms with Crippen LogP contribution in [0.3, 0.4) is 0 Å². The number of carbonyl (C=O) groups excluding carboxylic acids is 1. The number of carbonyl (C=O) groups is 1. The lowest BCUT2D eigenvalue weighted by molar-refractivity contribution is -0.134. The highest BCUT2D eigenvalue weighted by Crippen LogP contribution is 2.32. The first-order valence-corrected chi connectivity index (χ1v) is 8.08. The third kappa shape index (κ3) is 4.62. The highest BCUT2D eigenvalue weighted by atomic mass is 79.9. The Labute approximate surface area is 148 Å². The van der Waals surface area contributed by atoms with Crippen molar-refractivity contribution < 1.29 is 19.0 Å². The fourth-order valence-electron chi connectivity index (χ4n) is 2.12. The van der Waals surface area contributed by atoms with Gasteiger partial charge >= 0.3 is 5.97 Å². The van der Waals surface area contributed by atoms with E-state index in [0.29, 0.717) is 33.2 Å². The molecule has 0 amide bonds. The first-order valence-electron chi connectivity index (χ1n) is 6.90. The van der Waals surface area contributed by atoms with Crippen LogP contribution in [0, 0.1) is 0 Å². The molecule has 0 heterocycles. The zero-order valence-corrected chi connectivity index (χ0v) is 15.1. The van der Waals surface area contributed by atoms with Crippen LogP contribution in [0.15, 0.2) is 40.9 Å². The number of methoxy groups -OCH3 is 2. The lowest BCUT2D eigenvalue weighted by atomic mass is 10.1. The Morgan fingerprint density at radius 3 is 2.57 bits per heavy atom. The number of hydrogen-bond donors (Lipinski definition) is 0. The van der Waals surface area contributed by atoms with Crippen LogP contribution < -0.4 is 14.2 Å².